The van der Waals surface area contributed by atoms with Crippen molar-refractivity contribution in [1.82, 2.24) is 9.88 Å². The van der Waals surface area contributed by atoms with Crippen molar-refractivity contribution in [3.8, 4) is 22.6 Å². The Hall–Kier alpha value is -2.45. The summed E-state index contributed by atoms with van der Waals surface area (Å²) in [6, 6.07) is 13.7. The molecule has 2 atom stereocenters. The van der Waals surface area contributed by atoms with Crippen LogP contribution in [-0.4, -0.2) is 38.7 Å². The summed E-state index contributed by atoms with van der Waals surface area (Å²) in [7, 11) is -3.02. The van der Waals surface area contributed by atoms with E-state index in [1.54, 1.807) is 12.1 Å². The highest BCUT2D eigenvalue weighted by Crippen LogP contribution is 2.30. The molecule has 0 saturated carbocycles. The Balaban J connectivity index is 1.45. The average molecular weight is 463 g/mol. The molecule has 2 heterocycles. The number of aryl methyl sites for hydroxylation is 1. The highest BCUT2D eigenvalue weighted by molar-refractivity contribution is 7.86. The number of hydrogen-bond acceptors (Lipinski definition) is 4. The van der Waals surface area contributed by atoms with Crippen LogP contribution in [0.1, 0.15) is 31.2 Å². The summed E-state index contributed by atoms with van der Waals surface area (Å²) in [6.07, 6.45) is 3.35. The van der Waals surface area contributed by atoms with Crippen LogP contribution in [0.25, 0.3) is 22.6 Å². The number of nitrogens with zero attached hydrogens (tertiary/aromatic N) is 2. The molecule has 0 bridgehead atoms. The van der Waals surface area contributed by atoms with Crippen molar-refractivity contribution in [2.24, 2.45) is 0 Å². The van der Waals surface area contributed by atoms with E-state index in [4.69, 9.17) is 4.42 Å². The maximum Gasteiger partial charge on any atom is 0.475 e. The van der Waals surface area contributed by atoms with Crippen molar-refractivity contribution in [2.45, 2.75) is 49.6 Å². The van der Waals surface area contributed by atoms with Gasteiger partial charge in [-0.05, 0) is 68.6 Å². The number of rotatable bonds is 6. The predicted molar refractivity (Wildman–Crippen MR) is 119 cm³/mol. The van der Waals surface area contributed by atoms with Crippen molar-refractivity contribution in [1.29, 1.82) is 0 Å². The molecule has 1 aliphatic rings. The minimum Gasteiger partial charge on any atom is -0.441 e. The van der Waals surface area contributed by atoms with Gasteiger partial charge in [0.2, 0.25) is 5.89 Å². The maximum atomic E-state index is 12.6. The van der Waals surface area contributed by atoms with E-state index in [9.17, 15) is 17.4 Å². The fraction of sp³-hybridized carbons (Fsp3) is 0.375. The molecule has 0 N–H and O–H groups in total. The van der Waals surface area contributed by atoms with E-state index in [1.165, 1.54) is 25.0 Å². The van der Waals surface area contributed by atoms with Crippen LogP contribution in [0, 0.1) is 6.92 Å². The molecule has 3 aromatic rings. The van der Waals surface area contributed by atoms with Gasteiger partial charge < -0.3 is 9.32 Å². The quantitative estimate of drug-likeness (QED) is 0.453. The summed E-state index contributed by atoms with van der Waals surface area (Å²) >= 11 is 0. The van der Waals surface area contributed by atoms with E-state index >= 15 is 0 Å². The minimum absolute atomic E-state index is 0.260. The minimum atomic E-state index is -4.76. The number of halogens is 3. The fourth-order valence-corrected chi connectivity index (χ4v) is 4.72. The third-order valence-electron chi connectivity index (χ3n) is 5.96. The van der Waals surface area contributed by atoms with Crippen molar-refractivity contribution in [2.75, 3.05) is 13.1 Å². The summed E-state index contributed by atoms with van der Waals surface area (Å²) < 4.78 is 55.2. The summed E-state index contributed by atoms with van der Waals surface area (Å²) in [5.41, 5.74) is -1.37. The lowest BCUT2D eigenvalue weighted by atomic mass is 10.0. The van der Waals surface area contributed by atoms with Crippen molar-refractivity contribution in [3.63, 3.8) is 0 Å². The van der Waals surface area contributed by atoms with E-state index in [2.05, 4.69) is 16.8 Å². The Morgan fingerprint density at radius 1 is 1.06 bits per heavy atom. The van der Waals surface area contributed by atoms with Gasteiger partial charge in [0.25, 0.3) is 0 Å². The summed E-state index contributed by atoms with van der Waals surface area (Å²) in [5.74, 6) is 1.39. The third-order valence-corrected chi connectivity index (χ3v) is 7.08. The molecule has 2 unspecified atom stereocenters. The second-order valence-corrected chi connectivity index (χ2v) is 9.59. The Bertz CT molecular complexity index is 1090. The van der Waals surface area contributed by atoms with Gasteiger partial charge >= 0.3 is 5.51 Å². The van der Waals surface area contributed by atoms with Crippen LogP contribution in [0.15, 0.2) is 57.8 Å². The van der Waals surface area contributed by atoms with E-state index in [0.717, 1.165) is 47.7 Å². The molecule has 32 heavy (non-hydrogen) atoms. The maximum absolute atomic E-state index is 12.6. The molecule has 1 aliphatic heterocycles. The molecule has 4 nitrogen and oxygen atoms in total. The fourth-order valence-electron chi connectivity index (χ4n) is 4.07. The zero-order valence-electron chi connectivity index (χ0n) is 18.0. The first-order valence-corrected chi connectivity index (χ1v) is 11.8. The molecule has 170 valence electrons. The van der Waals surface area contributed by atoms with Gasteiger partial charge in [0, 0.05) is 29.5 Å². The van der Waals surface area contributed by atoms with Crippen LogP contribution in [0.5, 0.6) is 0 Å². The van der Waals surface area contributed by atoms with Crippen LogP contribution in [-0.2, 0) is 17.2 Å². The van der Waals surface area contributed by atoms with Gasteiger partial charge in [0.15, 0.2) is 10.8 Å². The van der Waals surface area contributed by atoms with Crippen molar-refractivity contribution >= 4 is 10.8 Å². The van der Waals surface area contributed by atoms with E-state index in [1.807, 2.05) is 31.2 Å². The molecule has 2 aromatic carbocycles. The van der Waals surface area contributed by atoms with Gasteiger partial charge in [-0.25, -0.2) is 9.19 Å². The van der Waals surface area contributed by atoms with Gasteiger partial charge in [-0.3, -0.25) is 0 Å². The molecular formula is C24H25F3N2O2S. The first kappa shape index (κ1) is 22.7. The molecule has 0 spiro atoms. The molecular weight excluding hydrogens is 437 g/mol. The Morgan fingerprint density at radius 2 is 1.66 bits per heavy atom. The Kier molecular flexibility index (Phi) is 6.53. The van der Waals surface area contributed by atoms with Gasteiger partial charge in [-0.1, -0.05) is 24.3 Å². The van der Waals surface area contributed by atoms with Crippen LogP contribution >= 0.6 is 0 Å². The number of likely N-dealkylation sites (tertiary alicyclic amines) is 1. The number of alkyl halides is 3. The monoisotopic (exact) mass is 462 g/mol. The average Bonchev–Trinajstić information content (AvgIpc) is 3.36. The second kappa shape index (κ2) is 9.19. The third kappa shape index (κ3) is 4.96. The van der Waals surface area contributed by atoms with E-state index in [-0.39, 0.29) is 4.90 Å². The molecule has 0 amide bonds. The zero-order valence-corrected chi connectivity index (χ0v) is 18.8. The molecule has 1 fully saturated rings. The standard InChI is InChI=1S/C24H25F3N2O2S/c1-16-4-3-14-29(16)15-13-22-17(2)31-23(28-22)20-7-5-18(6-8-20)19-9-11-21(12-10-19)32(30)24(25,26)27/h5-12,16H,3-4,13-15H2,1-2H3. The number of aromatic nitrogens is 1. The molecule has 4 rings (SSSR count). The summed E-state index contributed by atoms with van der Waals surface area (Å²) in [6.45, 7) is 6.31. The normalized spacial score (nSPS) is 18.2. The van der Waals surface area contributed by atoms with Crippen molar-refractivity contribution < 1.29 is 21.8 Å². The predicted octanol–water partition coefficient (Wildman–Crippen LogP) is 5.97. The second-order valence-electron chi connectivity index (χ2n) is 8.12. The molecule has 1 saturated heterocycles. The largest absolute Gasteiger partial charge is 0.475 e. The van der Waals surface area contributed by atoms with Crippen LogP contribution in [0.3, 0.4) is 0 Å². The molecule has 8 heteroatoms. The highest BCUT2D eigenvalue weighted by Gasteiger charge is 2.37. The van der Waals surface area contributed by atoms with E-state index in [0.29, 0.717) is 11.9 Å². The summed E-state index contributed by atoms with van der Waals surface area (Å²) in [4.78, 5) is 6.91. The van der Waals surface area contributed by atoms with Gasteiger partial charge in [-0.15, -0.1) is 0 Å². The van der Waals surface area contributed by atoms with E-state index < -0.39 is 16.3 Å². The highest BCUT2D eigenvalue weighted by atomic mass is 32.2. The topological polar surface area (TPSA) is 46.3 Å². The first-order valence-electron chi connectivity index (χ1n) is 10.6. The number of benzene rings is 2. The molecule has 0 radical (unpaired) electrons. The zero-order chi connectivity index (χ0) is 22.9. The van der Waals surface area contributed by atoms with Crippen LogP contribution < -0.4 is 0 Å². The first-order chi connectivity index (χ1) is 15.2. The lowest BCUT2D eigenvalue weighted by Gasteiger charge is -2.20. The van der Waals surface area contributed by atoms with Crippen molar-refractivity contribution in [3.05, 3.63) is 60.0 Å². The van der Waals surface area contributed by atoms with Crippen LogP contribution in [0.2, 0.25) is 0 Å². The van der Waals surface area contributed by atoms with Gasteiger partial charge in [-0.2, -0.15) is 13.2 Å². The molecule has 0 aliphatic carbocycles. The Labute approximate surface area is 187 Å². The lowest BCUT2D eigenvalue weighted by Crippen LogP contribution is -2.29. The van der Waals surface area contributed by atoms with Crippen LogP contribution in [0.4, 0.5) is 13.2 Å². The number of hydrogen-bond donors (Lipinski definition) is 0. The van der Waals surface area contributed by atoms with Gasteiger partial charge in [0.1, 0.15) is 5.76 Å². The SMILES string of the molecule is Cc1oc(-c2ccc(-c3ccc(S(=O)C(F)(F)F)cc3)cc2)nc1CCN1CCCC1C. The molecule has 1 aromatic heterocycles. The lowest BCUT2D eigenvalue weighted by molar-refractivity contribution is -0.0384. The number of oxazole rings is 1. The Morgan fingerprint density at radius 3 is 2.22 bits per heavy atom. The van der Waals surface area contributed by atoms with Gasteiger partial charge in [0.05, 0.1) is 5.69 Å². The smallest absolute Gasteiger partial charge is 0.441 e. The summed E-state index contributed by atoms with van der Waals surface area (Å²) in [5, 5.41) is 0.